The molecule has 0 saturated carbocycles. The van der Waals surface area contributed by atoms with E-state index in [9.17, 15) is 19.7 Å². The molecule has 0 aliphatic rings. The summed E-state index contributed by atoms with van der Waals surface area (Å²) in [6, 6.07) is 12.4. The van der Waals surface area contributed by atoms with Gasteiger partial charge in [0.25, 0.3) is 5.69 Å². The van der Waals surface area contributed by atoms with Crippen LogP contribution < -0.4 is 0 Å². The molecule has 0 radical (unpaired) electrons. The van der Waals surface area contributed by atoms with Gasteiger partial charge in [-0.05, 0) is 5.56 Å². The quantitative estimate of drug-likeness (QED) is 0.502. The van der Waals surface area contributed by atoms with Crippen molar-refractivity contribution in [1.82, 2.24) is 0 Å². The van der Waals surface area contributed by atoms with Gasteiger partial charge in [0.2, 0.25) is 0 Å². The van der Waals surface area contributed by atoms with Crippen molar-refractivity contribution >= 4 is 17.4 Å². The maximum atomic E-state index is 12.4. The second-order valence-corrected chi connectivity index (χ2v) is 4.71. The van der Waals surface area contributed by atoms with Crippen molar-refractivity contribution < 1.29 is 19.6 Å². The first-order chi connectivity index (χ1) is 10.5. The fourth-order valence-corrected chi connectivity index (χ4v) is 2.22. The number of benzene rings is 2. The van der Waals surface area contributed by atoms with E-state index in [0.29, 0.717) is 11.1 Å². The van der Waals surface area contributed by atoms with E-state index in [0.717, 1.165) is 0 Å². The summed E-state index contributed by atoms with van der Waals surface area (Å²) in [7, 11) is 0. The smallest absolute Gasteiger partial charge is 0.307 e. The number of aliphatic carboxylic acids is 1. The van der Waals surface area contributed by atoms with Crippen LogP contribution in [0.5, 0.6) is 0 Å². The summed E-state index contributed by atoms with van der Waals surface area (Å²) in [5.74, 6) is -1.38. The SMILES string of the molecule is O=C(O)Cc1ccccc1C(=O)Cc1ccccc1[N+](=O)[O-]. The normalized spacial score (nSPS) is 10.2. The highest BCUT2D eigenvalue weighted by Crippen LogP contribution is 2.21. The molecule has 0 atom stereocenters. The van der Waals surface area contributed by atoms with Gasteiger partial charge < -0.3 is 5.11 Å². The van der Waals surface area contributed by atoms with Crippen LogP contribution in [0, 0.1) is 10.1 Å². The number of ketones is 1. The summed E-state index contributed by atoms with van der Waals surface area (Å²) in [5.41, 5.74) is 0.871. The van der Waals surface area contributed by atoms with Crippen LogP contribution in [0.1, 0.15) is 21.5 Å². The minimum absolute atomic E-state index is 0.119. The zero-order chi connectivity index (χ0) is 16.1. The van der Waals surface area contributed by atoms with Crippen LogP contribution in [-0.4, -0.2) is 21.8 Å². The largest absolute Gasteiger partial charge is 0.481 e. The van der Waals surface area contributed by atoms with Gasteiger partial charge in [-0.1, -0.05) is 42.5 Å². The summed E-state index contributed by atoms with van der Waals surface area (Å²) < 4.78 is 0. The Balaban J connectivity index is 2.31. The lowest BCUT2D eigenvalue weighted by Gasteiger charge is -2.07. The van der Waals surface area contributed by atoms with Gasteiger partial charge in [-0.15, -0.1) is 0 Å². The average Bonchev–Trinajstić information content (AvgIpc) is 2.47. The molecule has 0 heterocycles. The number of Topliss-reactive ketones (excluding diaryl/α,β-unsaturated/α-hetero) is 1. The minimum Gasteiger partial charge on any atom is -0.481 e. The molecule has 0 aliphatic carbocycles. The number of nitrogens with zero attached hydrogens (tertiary/aromatic N) is 1. The number of hydrogen-bond acceptors (Lipinski definition) is 4. The number of nitro groups is 1. The summed E-state index contributed by atoms with van der Waals surface area (Å²) >= 11 is 0. The van der Waals surface area contributed by atoms with Gasteiger partial charge in [-0.2, -0.15) is 0 Å². The molecule has 6 nitrogen and oxygen atoms in total. The molecule has 0 bridgehead atoms. The van der Waals surface area contributed by atoms with Crippen molar-refractivity contribution in [3.8, 4) is 0 Å². The second-order valence-electron chi connectivity index (χ2n) is 4.71. The molecule has 0 amide bonds. The van der Waals surface area contributed by atoms with Crippen LogP contribution in [-0.2, 0) is 17.6 Å². The Kier molecular flexibility index (Phi) is 4.63. The van der Waals surface area contributed by atoms with Crippen LogP contribution in [0.4, 0.5) is 5.69 Å². The molecule has 6 heteroatoms. The molecular formula is C16H13NO5. The fraction of sp³-hybridized carbons (Fsp3) is 0.125. The molecule has 1 N–H and O–H groups in total. The van der Waals surface area contributed by atoms with E-state index >= 15 is 0 Å². The first kappa shape index (κ1) is 15.4. The highest BCUT2D eigenvalue weighted by molar-refractivity contribution is 6.00. The zero-order valence-electron chi connectivity index (χ0n) is 11.6. The molecule has 2 aromatic carbocycles. The van der Waals surface area contributed by atoms with E-state index in [1.54, 1.807) is 24.3 Å². The highest BCUT2D eigenvalue weighted by Gasteiger charge is 2.18. The van der Waals surface area contributed by atoms with Crippen LogP contribution in [0.3, 0.4) is 0 Å². The van der Waals surface area contributed by atoms with Gasteiger partial charge >= 0.3 is 5.97 Å². The van der Waals surface area contributed by atoms with Crippen molar-refractivity contribution in [2.24, 2.45) is 0 Å². The lowest BCUT2D eigenvalue weighted by atomic mass is 9.96. The third-order valence-electron chi connectivity index (χ3n) is 3.20. The number of carbonyl (C=O) groups is 2. The molecule has 0 fully saturated rings. The number of nitro benzene ring substituents is 1. The van der Waals surface area contributed by atoms with E-state index in [2.05, 4.69) is 0 Å². The van der Waals surface area contributed by atoms with Crippen molar-refractivity contribution in [1.29, 1.82) is 0 Å². The van der Waals surface area contributed by atoms with Crippen LogP contribution >= 0.6 is 0 Å². The Labute approximate surface area is 126 Å². The van der Waals surface area contributed by atoms with Crippen LogP contribution in [0.25, 0.3) is 0 Å². The van der Waals surface area contributed by atoms with E-state index < -0.39 is 10.9 Å². The highest BCUT2D eigenvalue weighted by atomic mass is 16.6. The third kappa shape index (κ3) is 3.54. The minimum atomic E-state index is -1.04. The van der Waals surface area contributed by atoms with Gasteiger partial charge in [0, 0.05) is 23.6 Å². The summed E-state index contributed by atoms with van der Waals surface area (Å²) in [6.07, 6.45) is -0.410. The summed E-state index contributed by atoms with van der Waals surface area (Å²) in [6.45, 7) is 0. The molecule has 0 unspecified atom stereocenters. The second kappa shape index (κ2) is 6.62. The molecule has 0 saturated heterocycles. The van der Waals surface area contributed by atoms with E-state index in [1.165, 1.54) is 24.3 Å². The van der Waals surface area contributed by atoms with E-state index in [-0.39, 0.29) is 29.9 Å². The lowest BCUT2D eigenvalue weighted by molar-refractivity contribution is -0.385. The van der Waals surface area contributed by atoms with Crippen LogP contribution in [0.15, 0.2) is 48.5 Å². The first-order valence-electron chi connectivity index (χ1n) is 6.54. The van der Waals surface area contributed by atoms with Crippen LogP contribution in [0.2, 0.25) is 0 Å². The topological polar surface area (TPSA) is 97.5 Å². The predicted molar refractivity (Wildman–Crippen MR) is 78.9 cm³/mol. The molecule has 22 heavy (non-hydrogen) atoms. The Morgan fingerprint density at radius 2 is 1.55 bits per heavy atom. The third-order valence-corrected chi connectivity index (χ3v) is 3.20. The molecule has 0 spiro atoms. The van der Waals surface area contributed by atoms with E-state index in [1.807, 2.05) is 0 Å². The number of para-hydroxylation sites is 1. The Bertz CT molecular complexity index is 739. The summed E-state index contributed by atoms with van der Waals surface area (Å²) in [5, 5.41) is 19.8. The molecule has 112 valence electrons. The zero-order valence-corrected chi connectivity index (χ0v) is 11.6. The monoisotopic (exact) mass is 299 g/mol. The van der Waals surface area contributed by atoms with Crippen molar-refractivity contribution in [3.63, 3.8) is 0 Å². The average molecular weight is 299 g/mol. The fourth-order valence-electron chi connectivity index (χ4n) is 2.22. The first-order valence-corrected chi connectivity index (χ1v) is 6.54. The maximum absolute atomic E-state index is 12.4. The molecule has 0 aliphatic heterocycles. The number of carboxylic acids is 1. The van der Waals surface area contributed by atoms with Crippen molar-refractivity contribution in [3.05, 3.63) is 75.3 Å². The maximum Gasteiger partial charge on any atom is 0.307 e. The van der Waals surface area contributed by atoms with E-state index in [4.69, 9.17) is 5.11 Å². The molecule has 0 aromatic heterocycles. The molecule has 2 aromatic rings. The Morgan fingerprint density at radius 3 is 2.18 bits per heavy atom. The summed E-state index contributed by atoms with van der Waals surface area (Å²) in [4.78, 5) is 33.7. The lowest BCUT2D eigenvalue weighted by Crippen LogP contribution is -2.11. The number of rotatable bonds is 6. The van der Waals surface area contributed by atoms with Gasteiger partial charge in [-0.25, -0.2) is 0 Å². The van der Waals surface area contributed by atoms with Crippen molar-refractivity contribution in [2.75, 3.05) is 0 Å². The predicted octanol–water partition coefficient (Wildman–Crippen LogP) is 2.65. The van der Waals surface area contributed by atoms with Crippen molar-refractivity contribution in [2.45, 2.75) is 12.8 Å². The van der Waals surface area contributed by atoms with Gasteiger partial charge in [0.1, 0.15) is 0 Å². The standard InChI is InChI=1S/C16H13NO5/c18-15(9-12-6-2-4-8-14(12)17(21)22)13-7-3-1-5-11(13)10-16(19)20/h1-8H,9-10H2,(H,19,20). The Hall–Kier alpha value is -3.02. The van der Waals surface area contributed by atoms with Gasteiger partial charge in [0.15, 0.2) is 5.78 Å². The van der Waals surface area contributed by atoms with Gasteiger partial charge in [0.05, 0.1) is 11.3 Å². The number of carbonyl (C=O) groups excluding carboxylic acids is 1. The Morgan fingerprint density at radius 1 is 0.955 bits per heavy atom. The molecular weight excluding hydrogens is 286 g/mol. The molecule has 2 rings (SSSR count). The van der Waals surface area contributed by atoms with Gasteiger partial charge in [-0.3, -0.25) is 19.7 Å². The number of hydrogen-bond donors (Lipinski definition) is 1. The number of carboxylic acid groups (broad SMARTS) is 1.